The Hall–Kier alpha value is -2.10. The Morgan fingerprint density at radius 1 is 1.47 bits per heavy atom. The normalized spacial score (nSPS) is 19.7. The third-order valence-electron chi connectivity index (χ3n) is 2.47. The number of carboxylic acids is 1. The van der Waals surface area contributed by atoms with Crippen LogP contribution in [-0.4, -0.2) is 29.6 Å². The van der Waals surface area contributed by atoms with Gasteiger partial charge < -0.3 is 9.84 Å². The van der Waals surface area contributed by atoms with E-state index in [1.807, 2.05) is 30.3 Å². The first-order chi connectivity index (χ1) is 8.16. The van der Waals surface area contributed by atoms with Crippen LogP contribution >= 0.6 is 0 Å². The van der Waals surface area contributed by atoms with Crippen molar-refractivity contribution in [1.82, 2.24) is 0 Å². The zero-order valence-electron chi connectivity index (χ0n) is 9.46. The van der Waals surface area contributed by atoms with Crippen LogP contribution in [0.25, 0.3) is 0 Å². The fourth-order valence-electron chi connectivity index (χ4n) is 1.57. The van der Waals surface area contributed by atoms with Crippen LogP contribution in [0, 0.1) is 0 Å². The van der Waals surface area contributed by atoms with Crippen molar-refractivity contribution in [3.05, 3.63) is 47.5 Å². The molecule has 1 atom stereocenters. The highest BCUT2D eigenvalue weighted by Gasteiger charge is 2.18. The van der Waals surface area contributed by atoms with Gasteiger partial charge in [-0.05, 0) is 25.1 Å². The van der Waals surface area contributed by atoms with Crippen LogP contribution in [0.3, 0.4) is 0 Å². The zero-order chi connectivity index (χ0) is 12.3. The van der Waals surface area contributed by atoms with E-state index >= 15 is 0 Å². The summed E-state index contributed by atoms with van der Waals surface area (Å²) in [6.07, 6.45) is 1.61. The molecule has 2 rings (SSSR count). The molecule has 0 spiro atoms. The summed E-state index contributed by atoms with van der Waals surface area (Å²) in [5.74, 6) is -0.349. The summed E-state index contributed by atoms with van der Waals surface area (Å²) in [6, 6.07) is 9.36. The van der Waals surface area contributed by atoms with E-state index in [9.17, 15) is 4.79 Å². The molecular weight excluding hydrogens is 218 g/mol. The predicted molar refractivity (Wildman–Crippen MR) is 64.1 cm³/mol. The van der Waals surface area contributed by atoms with Crippen molar-refractivity contribution in [3.8, 4) is 0 Å². The quantitative estimate of drug-likeness (QED) is 0.808. The van der Waals surface area contributed by atoms with Gasteiger partial charge in [0.25, 0.3) is 0 Å². The standard InChI is InChI=1S/C13H13NO3/c1-9(13(15)16)7-11-8-17-12(14-11)10-5-3-2-4-6-10/h2-7,11H,8H2,1H3,(H,15,16)/b9-7+. The number of nitrogens with zero attached hydrogens (tertiary/aromatic N) is 1. The number of aliphatic imine (C=N–C) groups is 1. The lowest BCUT2D eigenvalue weighted by Crippen LogP contribution is -2.06. The molecule has 0 saturated heterocycles. The van der Waals surface area contributed by atoms with Gasteiger partial charge in [0, 0.05) is 11.1 Å². The van der Waals surface area contributed by atoms with Crippen molar-refractivity contribution in [3.63, 3.8) is 0 Å². The van der Waals surface area contributed by atoms with Gasteiger partial charge >= 0.3 is 5.97 Å². The SMILES string of the molecule is C/C(=C\C1COC(c2ccccc2)=N1)C(=O)O. The van der Waals surface area contributed by atoms with Crippen LogP contribution in [-0.2, 0) is 9.53 Å². The maximum absolute atomic E-state index is 10.7. The van der Waals surface area contributed by atoms with E-state index < -0.39 is 5.97 Å². The second-order valence-corrected chi connectivity index (χ2v) is 3.83. The number of aliphatic carboxylic acids is 1. The molecule has 1 N–H and O–H groups in total. The Labute approximate surface area is 99.3 Å². The molecule has 1 aliphatic heterocycles. The lowest BCUT2D eigenvalue weighted by atomic mass is 10.2. The number of hydrogen-bond acceptors (Lipinski definition) is 3. The maximum Gasteiger partial charge on any atom is 0.331 e. The lowest BCUT2D eigenvalue weighted by molar-refractivity contribution is -0.132. The number of ether oxygens (including phenoxy) is 1. The molecule has 0 saturated carbocycles. The minimum atomic E-state index is -0.923. The average Bonchev–Trinajstić information content (AvgIpc) is 2.78. The van der Waals surface area contributed by atoms with Crippen molar-refractivity contribution in [2.45, 2.75) is 13.0 Å². The molecule has 0 fully saturated rings. The second-order valence-electron chi connectivity index (χ2n) is 3.83. The van der Waals surface area contributed by atoms with Crippen LogP contribution in [0.4, 0.5) is 0 Å². The van der Waals surface area contributed by atoms with Gasteiger partial charge in [-0.3, -0.25) is 0 Å². The van der Waals surface area contributed by atoms with Crippen LogP contribution in [0.5, 0.6) is 0 Å². The highest BCUT2D eigenvalue weighted by molar-refractivity contribution is 5.95. The van der Waals surface area contributed by atoms with Crippen molar-refractivity contribution >= 4 is 11.9 Å². The molecule has 0 radical (unpaired) electrons. The predicted octanol–water partition coefficient (Wildman–Crippen LogP) is 1.86. The number of benzene rings is 1. The fourth-order valence-corrected chi connectivity index (χ4v) is 1.57. The molecule has 0 bridgehead atoms. The highest BCUT2D eigenvalue weighted by atomic mass is 16.5. The summed E-state index contributed by atoms with van der Waals surface area (Å²) in [6.45, 7) is 1.95. The van der Waals surface area contributed by atoms with Gasteiger partial charge in [-0.15, -0.1) is 0 Å². The van der Waals surface area contributed by atoms with E-state index in [4.69, 9.17) is 9.84 Å². The lowest BCUT2D eigenvalue weighted by Gasteiger charge is -1.99. The minimum absolute atomic E-state index is 0.207. The Morgan fingerprint density at radius 2 is 2.18 bits per heavy atom. The first-order valence-corrected chi connectivity index (χ1v) is 5.34. The van der Waals surface area contributed by atoms with Gasteiger partial charge in [-0.1, -0.05) is 18.2 Å². The van der Waals surface area contributed by atoms with E-state index in [0.717, 1.165) is 5.56 Å². The molecule has 1 aliphatic rings. The molecule has 0 aliphatic carbocycles. The minimum Gasteiger partial charge on any atom is -0.478 e. The Kier molecular flexibility index (Phi) is 3.23. The summed E-state index contributed by atoms with van der Waals surface area (Å²) >= 11 is 0. The van der Waals surface area contributed by atoms with E-state index in [1.54, 1.807) is 13.0 Å². The van der Waals surface area contributed by atoms with Crippen molar-refractivity contribution in [2.75, 3.05) is 6.61 Å². The molecule has 4 heteroatoms. The van der Waals surface area contributed by atoms with Crippen LogP contribution in [0.15, 0.2) is 47.0 Å². The summed E-state index contributed by atoms with van der Waals surface area (Å²) < 4.78 is 5.44. The van der Waals surface area contributed by atoms with E-state index in [0.29, 0.717) is 12.5 Å². The summed E-state index contributed by atoms with van der Waals surface area (Å²) in [4.78, 5) is 15.0. The molecule has 17 heavy (non-hydrogen) atoms. The molecule has 0 amide bonds. The first-order valence-electron chi connectivity index (χ1n) is 5.34. The molecule has 1 aromatic carbocycles. The van der Waals surface area contributed by atoms with Gasteiger partial charge in [0.2, 0.25) is 5.90 Å². The maximum atomic E-state index is 10.7. The summed E-state index contributed by atoms with van der Waals surface area (Å²) in [7, 11) is 0. The molecule has 1 unspecified atom stereocenters. The largest absolute Gasteiger partial charge is 0.478 e. The number of carbonyl (C=O) groups is 1. The van der Waals surface area contributed by atoms with Gasteiger partial charge in [-0.25, -0.2) is 9.79 Å². The monoisotopic (exact) mass is 231 g/mol. The van der Waals surface area contributed by atoms with E-state index in [-0.39, 0.29) is 11.6 Å². The van der Waals surface area contributed by atoms with Crippen molar-refractivity contribution < 1.29 is 14.6 Å². The summed E-state index contributed by atoms with van der Waals surface area (Å²) in [5.41, 5.74) is 1.20. The van der Waals surface area contributed by atoms with Gasteiger partial charge in [0.1, 0.15) is 12.6 Å². The van der Waals surface area contributed by atoms with Gasteiger partial charge in [0.05, 0.1) is 0 Å². The molecule has 88 valence electrons. The van der Waals surface area contributed by atoms with Crippen LogP contribution in [0.1, 0.15) is 12.5 Å². The van der Waals surface area contributed by atoms with Crippen molar-refractivity contribution in [1.29, 1.82) is 0 Å². The Bertz CT molecular complexity index is 477. The first kappa shape index (κ1) is 11.4. The third kappa shape index (κ3) is 2.72. The second kappa shape index (κ2) is 4.82. The van der Waals surface area contributed by atoms with E-state index in [1.165, 1.54) is 0 Å². The third-order valence-corrected chi connectivity index (χ3v) is 2.47. The molecular formula is C13H13NO3. The zero-order valence-corrected chi connectivity index (χ0v) is 9.46. The molecule has 0 aromatic heterocycles. The molecule has 1 heterocycles. The van der Waals surface area contributed by atoms with Crippen LogP contribution in [0.2, 0.25) is 0 Å². The Balaban J connectivity index is 2.15. The summed E-state index contributed by atoms with van der Waals surface area (Å²) in [5, 5.41) is 8.77. The van der Waals surface area contributed by atoms with E-state index in [2.05, 4.69) is 4.99 Å². The number of carboxylic acid groups (broad SMARTS) is 1. The smallest absolute Gasteiger partial charge is 0.331 e. The topological polar surface area (TPSA) is 58.9 Å². The number of rotatable bonds is 3. The average molecular weight is 231 g/mol. The fraction of sp³-hybridized carbons (Fsp3) is 0.231. The van der Waals surface area contributed by atoms with Gasteiger partial charge in [-0.2, -0.15) is 0 Å². The molecule has 4 nitrogen and oxygen atoms in total. The highest BCUT2D eigenvalue weighted by Crippen LogP contribution is 2.13. The number of hydrogen-bond donors (Lipinski definition) is 1. The van der Waals surface area contributed by atoms with Gasteiger partial charge in [0.15, 0.2) is 0 Å². The Morgan fingerprint density at radius 3 is 2.82 bits per heavy atom. The van der Waals surface area contributed by atoms with Crippen LogP contribution < -0.4 is 0 Å². The van der Waals surface area contributed by atoms with Crippen molar-refractivity contribution in [2.24, 2.45) is 4.99 Å². The molecule has 1 aromatic rings.